The van der Waals surface area contributed by atoms with Gasteiger partial charge in [-0.05, 0) is 31.8 Å². The molecule has 1 aromatic heterocycles. The second-order valence-electron chi connectivity index (χ2n) is 4.27. The third kappa shape index (κ3) is 2.90. The fourth-order valence-electron chi connectivity index (χ4n) is 2.12. The Kier molecular flexibility index (Phi) is 4.09. The van der Waals surface area contributed by atoms with E-state index in [1.807, 2.05) is 0 Å². The smallest absolute Gasteiger partial charge is 0.219 e. The highest BCUT2D eigenvalue weighted by Gasteiger charge is 2.18. The zero-order chi connectivity index (χ0) is 11.4. The van der Waals surface area contributed by atoms with Crippen LogP contribution in [0.5, 0.6) is 0 Å². The molecular weight excluding hydrogens is 222 g/mol. The Morgan fingerprint density at radius 1 is 1.44 bits per heavy atom. The monoisotopic (exact) mass is 241 g/mol. The Balaban J connectivity index is 1.82. The molecule has 1 aromatic rings. The molecule has 1 aliphatic heterocycles. The first-order chi connectivity index (χ1) is 7.81. The second kappa shape index (κ2) is 5.56. The van der Waals surface area contributed by atoms with Gasteiger partial charge in [-0.15, -0.1) is 10.2 Å². The quantitative estimate of drug-likeness (QED) is 0.617. The van der Waals surface area contributed by atoms with E-state index in [0.717, 1.165) is 17.5 Å². The summed E-state index contributed by atoms with van der Waals surface area (Å²) in [7, 11) is 0. The van der Waals surface area contributed by atoms with Gasteiger partial charge < -0.3 is 0 Å². The molecule has 1 fully saturated rings. The number of nitrogens with one attached hydrogen (secondary N) is 1. The van der Waals surface area contributed by atoms with Crippen molar-refractivity contribution in [3.63, 3.8) is 0 Å². The van der Waals surface area contributed by atoms with Gasteiger partial charge in [0.15, 0.2) is 0 Å². The molecule has 2 rings (SSSR count). The van der Waals surface area contributed by atoms with Crippen molar-refractivity contribution in [1.29, 1.82) is 0 Å². The van der Waals surface area contributed by atoms with Crippen LogP contribution in [0.2, 0.25) is 0 Å². The summed E-state index contributed by atoms with van der Waals surface area (Å²) in [5, 5.41) is 9.78. The number of hydrogen-bond acceptors (Lipinski definition) is 6. The molecule has 0 unspecified atom stereocenters. The fourth-order valence-corrected chi connectivity index (χ4v) is 2.81. The van der Waals surface area contributed by atoms with Gasteiger partial charge in [-0.3, -0.25) is 10.3 Å². The number of likely N-dealkylation sites (tertiary alicyclic amines) is 1. The fraction of sp³-hybridized carbons (Fsp3) is 0.800. The van der Waals surface area contributed by atoms with E-state index >= 15 is 0 Å². The first-order valence-corrected chi connectivity index (χ1v) is 6.64. The van der Waals surface area contributed by atoms with E-state index in [1.165, 1.54) is 43.7 Å². The van der Waals surface area contributed by atoms with Crippen molar-refractivity contribution in [2.24, 2.45) is 11.8 Å². The van der Waals surface area contributed by atoms with Crippen LogP contribution in [0, 0.1) is 5.92 Å². The van der Waals surface area contributed by atoms with Gasteiger partial charge in [0.1, 0.15) is 5.01 Å². The highest BCUT2D eigenvalue weighted by atomic mass is 32.1. The van der Waals surface area contributed by atoms with Crippen LogP contribution in [-0.4, -0.2) is 28.2 Å². The molecule has 0 bridgehead atoms. The maximum absolute atomic E-state index is 5.28. The minimum Gasteiger partial charge on any atom is -0.298 e. The Bertz CT molecular complexity index is 319. The zero-order valence-electron chi connectivity index (χ0n) is 9.65. The molecule has 90 valence electrons. The highest BCUT2D eigenvalue weighted by molar-refractivity contribution is 7.15. The van der Waals surface area contributed by atoms with Gasteiger partial charge in [0, 0.05) is 0 Å². The summed E-state index contributed by atoms with van der Waals surface area (Å²) in [5.74, 6) is 6.20. The van der Waals surface area contributed by atoms with Crippen LogP contribution in [0.1, 0.15) is 31.2 Å². The summed E-state index contributed by atoms with van der Waals surface area (Å²) in [6.07, 6.45) is 3.95. The number of nitrogens with zero attached hydrogens (tertiary/aromatic N) is 3. The van der Waals surface area contributed by atoms with Crippen molar-refractivity contribution in [2.75, 3.05) is 18.5 Å². The summed E-state index contributed by atoms with van der Waals surface area (Å²) >= 11 is 1.53. The van der Waals surface area contributed by atoms with E-state index in [1.54, 1.807) is 0 Å². The predicted octanol–water partition coefficient (Wildman–Crippen LogP) is 1.45. The Morgan fingerprint density at radius 2 is 2.19 bits per heavy atom. The van der Waals surface area contributed by atoms with E-state index in [2.05, 4.69) is 27.4 Å². The van der Waals surface area contributed by atoms with Gasteiger partial charge in [-0.2, -0.15) is 0 Å². The number of aromatic nitrogens is 2. The van der Waals surface area contributed by atoms with Crippen molar-refractivity contribution in [3.05, 3.63) is 5.01 Å². The Labute approximate surface area is 100 Å². The molecule has 0 aromatic carbocycles. The number of nitrogen functional groups attached to an aromatic ring is 1. The van der Waals surface area contributed by atoms with Gasteiger partial charge in [0.05, 0.1) is 6.54 Å². The first-order valence-electron chi connectivity index (χ1n) is 5.83. The van der Waals surface area contributed by atoms with Gasteiger partial charge >= 0.3 is 0 Å². The molecule has 1 aliphatic rings. The standard InChI is InChI=1S/C10H19N5S/c1-2-8-3-5-15(6-4-8)7-9-13-14-10(12-11)16-9/h8H,2-7,11H2,1H3,(H,12,14). The van der Waals surface area contributed by atoms with E-state index in [-0.39, 0.29) is 0 Å². The minimum absolute atomic E-state index is 0.693. The molecule has 3 N–H and O–H groups in total. The zero-order valence-corrected chi connectivity index (χ0v) is 10.5. The molecule has 0 saturated carbocycles. The largest absolute Gasteiger partial charge is 0.298 e. The molecule has 0 aliphatic carbocycles. The van der Waals surface area contributed by atoms with Crippen molar-refractivity contribution in [1.82, 2.24) is 15.1 Å². The minimum atomic E-state index is 0.693. The van der Waals surface area contributed by atoms with Crippen LogP contribution >= 0.6 is 11.3 Å². The van der Waals surface area contributed by atoms with Gasteiger partial charge in [-0.1, -0.05) is 24.7 Å². The molecule has 0 spiro atoms. The summed E-state index contributed by atoms with van der Waals surface area (Å²) in [5.41, 5.74) is 2.53. The number of piperidine rings is 1. The van der Waals surface area contributed by atoms with E-state index in [0.29, 0.717) is 5.13 Å². The maximum Gasteiger partial charge on any atom is 0.219 e. The lowest BCUT2D eigenvalue weighted by molar-refractivity contribution is 0.174. The van der Waals surface area contributed by atoms with Crippen LogP contribution in [0.3, 0.4) is 0 Å². The first kappa shape index (κ1) is 11.8. The number of rotatable bonds is 4. The van der Waals surface area contributed by atoms with Crippen LogP contribution < -0.4 is 11.3 Å². The van der Waals surface area contributed by atoms with Crippen LogP contribution in [0.25, 0.3) is 0 Å². The number of anilines is 1. The van der Waals surface area contributed by atoms with E-state index in [9.17, 15) is 0 Å². The molecule has 2 heterocycles. The van der Waals surface area contributed by atoms with Crippen molar-refractivity contribution < 1.29 is 0 Å². The van der Waals surface area contributed by atoms with Gasteiger partial charge in [-0.25, -0.2) is 5.84 Å². The molecule has 5 nitrogen and oxygen atoms in total. The molecule has 16 heavy (non-hydrogen) atoms. The summed E-state index contributed by atoms with van der Waals surface area (Å²) in [4.78, 5) is 2.45. The molecular formula is C10H19N5S. The van der Waals surface area contributed by atoms with E-state index < -0.39 is 0 Å². The third-order valence-electron chi connectivity index (χ3n) is 3.23. The summed E-state index contributed by atoms with van der Waals surface area (Å²) in [6, 6.07) is 0. The average Bonchev–Trinajstić information content (AvgIpc) is 2.78. The normalized spacial score (nSPS) is 18.9. The predicted molar refractivity (Wildman–Crippen MR) is 66.0 cm³/mol. The van der Waals surface area contributed by atoms with Crippen molar-refractivity contribution in [2.45, 2.75) is 32.7 Å². The molecule has 6 heteroatoms. The van der Waals surface area contributed by atoms with Crippen LogP contribution in [0.4, 0.5) is 5.13 Å². The maximum atomic E-state index is 5.28. The summed E-state index contributed by atoms with van der Waals surface area (Å²) in [6.45, 7) is 5.56. The van der Waals surface area contributed by atoms with E-state index in [4.69, 9.17) is 5.84 Å². The Hall–Kier alpha value is -0.720. The molecule has 0 amide bonds. The molecule has 0 atom stereocenters. The SMILES string of the molecule is CCC1CCN(Cc2nnc(NN)s2)CC1. The third-order valence-corrected chi connectivity index (χ3v) is 4.07. The molecule has 1 saturated heterocycles. The molecule has 0 radical (unpaired) electrons. The lowest BCUT2D eigenvalue weighted by Gasteiger charge is -2.30. The lowest BCUT2D eigenvalue weighted by atomic mass is 9.94. The number of nitrogens with two attached hydrogens (primary N) is 1. The second-order valence-corrected chi connectivity index (χ2v) is 5.34. The van der Waals surface area contributed by atoms with Gasteiger partial charge in [0.25, 0.3) is 0 Å². The van der Waals surface area contributed by atoms with Crippen molar-refractivity contribution in [3.8, 4) is 0 Å². The summed E-state index contributed by atoms with van der Waals surface area (Å²) < 4.78 is 0. The highest BCUT2D eigenvalue weighted by Crippen LogP contribution is 2.22. The number of hydrogen-bond donors (Lipinski definition) is 2. The average molecular weight is 241 g/mol. The topological polar surface area (TPSA) is 67.1 Å². The lowest BCUT2D eigenvalue weighted by Crippen LogP contribution is -2.32. The van der Waals surface area contributed by atoms with Crippen molar-refractivity contribution >= 4 is 16.5 Å². The van der Waals surface area contributed by atoms with Gasteiger partial charge in [0.2, 0.25) is 5.13 Å². The van der Waals surface area contributed by atoms with Crippen LogP contribution in [-0.2, 0) is 6.54 Å². The Morgan fingerprint density at radius 3 is 2.75 bits per heavy atom. The van der Waals surface area contributed by atoms with Crippen LogP contribution in [0.15, 0.2) is 0 Å². The number of hydrazine groups is 1.